The van der Waals surface area contributed by atoms with Crippen molar-refractivity contribution in [2.24, 2.45) is 0 Å². The molecule has 0 radical (unpaired) electrons. The Labute approximate surface area is 110 Å². The molecular formula is C10H5BrCl2N2O. The van der Waals surface area contributed by atoms with Gasteiger partial charge in [-0.1, -0.05) is 23.7 Å². The largest absolute Gasteiger partial charge is 0.274 e. The topological polar surface area (TPSA) is 34.9 Å². The van der Waals surface area contributed by atoms with Gasteiger partial charge in [-0.05, 0) is 39.7 Å². The predicted octanol–water partition coefficient (Wildman–Crippen LogP) is 3.67. The van der Waals surface area contributed by atoms with E-state index in [0.29, 0.717) is 15.3 Å². The minimum absolute atomic E-state index is 0.265. The Kier molecular flexibility index (Phi) is 3.33. The van der Waals surface area contributed by atoms with Crippen molar-refractivity contribution < 1.29 is 4.79 Å². The van der Waals surface area contributed by atoms with Gasteiger partial charge in [-0.3, -0.25) is 4.79 Å². The minimum Gasteiger partial charge on any atom is -0.274 e. The third-order valence-corrected chi connectivity index (χ3v) is 2.86. The van der Waals surface area contributed by atoms with E-state index in [1.807, 2.05) is 0 Å². The molecule has 82 valence electrons. The fraction of sp³-hybridized carbons (Fsp3) is 0. The van der Waals surface area contributed by atoms with Crippen LogP contribution in [0.15, 0.2) is 34.9 Å². The summed E-state index contributed by atoms with van der Waals surface area (Å²) in [5, 5.41) is 4.02. The Morgan fingerprint density at radius 2 is 2.06 bits per heavy atom. The number of nitrogens with zero attached hydrogens (tertiary/aromatic N) is 2. The first-order valence-electron chi connectivity index (χ1n) is 4.30. The minimum atomic E-state index is -0.585. The molecule has 1 aromatic carbocycles. The van der Waals surface area contributed by atoms with Crippen molar-refractivity contribution in [3.63, 3.8) is 0 Å². The molecule has 0 aliphatic heterocycles. The average molecular weight is 320 g/mol. The Balaban J connectivity index is 2.64. The zero-order valence-electron chi connectivity index (χ0n) is 7.82. The highest BCUT2D eigenvalue weighted by Gasteiger charge is 2.15. The summed E-state index contributed by atoms with van der Waals surface area (Å²) >= 11 is 14.7. The number of benzene rings is 1. The van der Waals surface area contributed by atoms with E-state index in [9.17, 15) is 4.79 Å². The summed E-state index contributed by atoms with van der Waals surface area (Å²) in [4.78, 5) is 11.2. The van der Waals surface area contributed by atoms with Crippen LogP contribution < -0.4 is 0 Å². The van der Waals surface area contributed by atoms with Crippen LogP contribution in [-0.4, -0.2) is 15.0 Å². The van der Waals surface area contributed by atoms with E-state index in [1.54, 1.807) is 30.3 Å². The van der Waals surface area contributed by atoms with Gasteiger partial charge in [0, 0.05) is 6.07 Å². The zero-order chi connectivity index (χ0) is 11.7. The van der Waals surface area contributed by atoms with Gasteiger partial charge in [-0.2, -0.15) is 5.10 Å². The number of aromatic nitrogens is 2. The smallest absolute Gasteiger partial charge is 0.271 e. The third-order valence-electron chi connectivity index (χ3n) is 1.96. The highest BCUT2D eigenvalue weighted by atomic mass is 79.9. The lowest BCUT2D eigenvalue weighted by atomic mass is 10.3. The molecule has 0 fully saturated rings. The Hall–Kier alpha value is -0.840. The molecule has 3 nitrogen and oxygen atoms in total. The van der Waals surface area contributed by atoms with Crippen molar-refractivity contribution in [3.05, 3.63) is 45.7 Å². The van der Waals surface area contributed by atoms with Gasteiger partial charge in [-0.15, -0.1) is 0 Å². The quantitative estimate of drug-likeness (QED) is 0.792. The van der Waals surface area contributed by atoms with Gasteiger partial charge in [0.2, 0.25) is 0 Å². The second-order valence-corrected chi connectivity index (χ2v) is 4.55. The molecule has 0 amide bonds. The summed E-state index contributed by atoms with van der Waals surface area (Å²) in [6.45, 7) is 0. The first-order chi connectivity index (χ1) is 7.59. The van der Waals surface area contributed by atoms with Gasteiger partial charge < -0.3 is 0 Å². The van der Waals surface area contributed by atoms with Crippen molar-refractivity contribution in [2.45, 2.75) is 0 Å². The van der Waals surface area contributed by atoms with Crippen LogP contribution in [0.3, 0.4) is 0 Å². The molecular weight excluding hydrogens is 315 g/mol. The maximum absolute atomic E-state index is 11.2. The first kappa shape index (κ1) is 11.6. The summed E-state index contributed by atoms with van der Waals surface area (Å²) in [6, 6.07) is 8.62. The summed E-state index contributed by atoms with van der Waals surface area (Å²) in [5.41, 5.74) is 0.875. The molecule has 0 saturated carbocycles. The first-order valence-corrected chi connectivity index (χ1v) is 5.85. The molecule has 16 heavy (non-hydrogen) atoms. The normalized spacial score (nSPS) is 10.4. The van der Waals surface area contributed by atoms with E-state index in [-0.39, 0.29) is 5.69 Å². The van der Waals surface area contributed by atoms with E-state index >= 15 is 0 Å². The van der Waals surface area contributed by atoms with Gasteiger partial charge in [0.1, 0.15) is 10.3 Å². The number of halogens is 3. The second kappa shape index (κ2) is 4.57. The number of hydrogen-bond donors (Lipinski definition) is 0. The second-order valence-electron chi connectivity index (χ2n) is 2.99. The van der Waals surface area contributed by atoms with Crippen LogP contribution in [0.2, 0.25) is 5.02 Å². The van der Waals surface area contributed by atoms with E-state index in [0.717, 1.165) is 0 Å². The molecule has 0 saturated heterocycles. The Morgan fingerprint density at radius 3 is 2.69 bits per heavy atom. The van der Waals surface area contributed by atoms with Crippen molar-refractivity contribution in [1.29, 1.82) is 0 Å². The van der Waals surface area contributed by atoms with Gasteiger partial charge in [0.15, 0.2) is 0 Å². The molecule has 0 atom stereocenters. The van der Waals surface area contributed by atoms with Crippen molar-refractivity contribution in [1.82, 2.24) is 9.78 Å². The van der Waals surface area contributed by atoms with Crippen LogP contribution in [0.5, 0.6) is 0 Å². The average Bonchev–Trinajstić information content (AvgIpc) is 2.61. The van der Waals surface area contributed by atoms with Crippen LogP contribution in [-0.2, 0) is 0 Å². The lowest BCUT2D eigenvalue weighted by Crippen LogP contribution is -2.04. The lowest BCUT2D eigenvalue weighted by Gasteiger charge is -2.05. The molecule has 2 rings (SSSR count). The fourth-order valence-corrected chi connectivity index (χ4v) is 2.03. The van der Waals surface area contributed by atoms with E-state index in [4.69, 9.17) is 23.2 Å². The van der Waals surface area contributed by atoms with Gasteiger partial charge >= 0.3 is 0 Å². The molecule has 0 aliphatic carbocycles. The number of carbonyl (C=O) groups excluding carboxylic acids is 1. The molecule has 6 heteroatoms. The molecule has 0 N–H and O–H groups in total. The maximum atomic E-state index is 11.2. The zero-order valence-corrected chi connectivity index (χ0v) is 10.9. The third kappa shape index (κ3) is 2.14. The molecule has 2 aromatic rings. The molecule has 0 unspecified atom stereocenters. The molecule has 0 spiro atoms. The standard InChI is InChI=1S/C10H5BrCl2N2O/c11-9-5-8(10(13)16)15(14-9)7-4-2-1-3-6(7)12/h1-5H. The highest BCUT2D eigenvalue weighted by molar-refractivity contribution is 9.10. The van der Waals surface area contributed by atoms with Crippen LogP contribution in [0.1, 0.15) is 10.5 Å². The predicted molar refractivity (Wildman–Crippen MR) is 66.5 cm³/mol. The van der Waals surface area contributed by atoms with Gasteiger partial charge in [-0.25, -0.2) is 4.68 Å². The van der Waals surface area contributed by atoms with E-state index in [2.05, 4.69) is 21.0 Å². The SMILES string of the molecule is O=C(Cl)c1cc(Br)nn1-c1ccccc1Cl. The van der Waals surface area contributed by atoms with Crippen LogP contribution >= 0.6 is 39.1 Å². The molecule has 1 heterocycles. The van der Waals surface area contributed by atoms with Gasteiger partial charge in [0.05, 0.1) is 10.7 Å². The number of hydrogen-bond acceptors (Lipinski definition) is 2. The molecule has 0 bridgehead atoms. The number of rotatable bonds is 2. The summed E-state index contributed by atoms with van der Waals surface area (Å²) in [6.07, 6.45) is 0. The van der Waals surface area contributed by atoms with Gasteiger partial charge in [0.25, 0.3) is 5.24 Å². The summed E-state index contributed by atoms with van der Waals surface area (Å²) < 4.78 is 1.93. The van der Waals surface area contributed by atoms with Crippen molar-refractivity contribution in [2.75, 3.05) is 0 Å². The highest BCUT2D eigenvalue weighted by Crippen LogP contribution is 2.23. The summed E-state index contributed by atoms with van der Waals surface area (Å²) in [5.74, 6) is 0. The van der Waals surface area contributed by atoms with Crippen LogP contribution in [0.4, 0.5) is 0 Å². The van der Waals surface area contributed by atoms with Crippen LogP contribution in [0, 0.1) is 0 Å². The molecule has 0 aliphatic rings. The maximum Gasteiger partial charge on any atom is 0.271 e. The van der Waals surface area contributed by atoms with Crippen LogP contribution in [0.25, 0.3) is 5.69 Å². The fourth-order valence-electron chi connectivity index (χ4n) is 1.30. The van der Waals surface area contributed by atoms with E-state index in [1.165, 1.54) is 4.68 Å². The molecule has 1 aromatic heterocycles. The number of carbonyl (C=O) groups is 1. The Morgan fingerprint density at radius 1 is 1.38 bits per heavy atom. The Bertz CT molecular complexity index is 554. The monoisotopic (exact) mass is 318 g/mol. The van der Waals surface area contributed by atoms with Crippen molar-refractivity contribution >= 4 is 44.4 Å². The number of para-hydroxylation sites is 1. The summed E-state index contributed by atoms with van der Waals surface area (Å²) in [7, 11) is 0. The van der Waals surface area contributed by atoms with E-state index < -0.39 is 5.24 Å². The lowest BCUT2D eigenvalue weighted by molar-refractivity contribution is 0.107. The van der Waals surface area contributed by atoms with Crippen molar-refractivity contribution in [3.8, 4) is 5.69 Å².